The molecule has 2 aliphatic rings. The van der Waals surface area contributed by atoms with E-state index in [1.165, 1.54) is 22.3 Å². The van der Waals surface area contributed by atoms with E-state index >= 15 is 0 Å². The largest absolute Gasteiger partial charge is 0.334 e. The molecule has 0 amide bonds. The molecule has 5 rings (SSSR count). The van der Waals surface area contributed by atoms with E-state index in [9.17, 15) is 4.39 Å². The molecule has 3 aromatic rings. The standard InChI is InChI=1S/C23H21FN2/c1-23(2,3)14-10-11-25-20(12-14)26-21-16-6-4-5-7-17(16)22(26)19-13-15(24)8-9-18(19)21/h4-13,21-22H,1-3H3. The van der Waals surface area contributed by atoms with Gasteiger partial charge in [-0.15, -0.1) is 0 Å². The molecule has 0 N–H and O–H groups in total. The molecule has 3 heterocycles. The van der Waals surface area contributed by atoms with Crippen LogP contribution in [-0.4, -0.2) is 4.98 Å². The van der Waals surface area contributed by atoms with Crippen LogP contribution in [0.2, 0.25) is 0 Å². The van der Waals surface area contributed by atoms with Crippen molar-refractivity contribution in [1.29, 1.82) is 0 Å². The van der Waals surface area contributed by atoms with Gasteiger partial charge in [-0.3, -0.25) is 0 Å². The minimum absolute atomic E-state index is 0.0321. The molecule has 2 aliphatic heterocycles. The van der Waals surface area contributed by atoms with Gasteiger partial charge in [-0.25, -0.2) is 9.37 Å². The molecule has 2 nitrogen and oxygen atoms in total. The minimum atomic E-state index is -0.176. The predicted octanol–water partition coefficient (Wildman–Crippen LogP) is 5.53. The first-order valence-electron chi connectivity index (χ1n) is 9.08. The number of anilines is 1. The fourth-order valence-electron chi connectivity index (χ4n) is 4.41. The van der Waals surface area contributed by atoms with Crippen LogP contribution in [0.3, 0.4) is 0 Å². The Hall–Kier alpha value is -2.68. The van der Waals surface area contributed by atoms with Crippen molar-refractivity contribution in [3.05, 3.63) is 94.4 Å². The molecule has 130 valence electrons. The van der Waals surface area contributed by atoms with Gasteiger partial charge < -0.3 is 4.90 Å². The highest BCUT2D eigenvalue weighted by Gasteiger charge is 2.48. The van der Waals surface area contributed by atoms with E-state index in [-0.39, 0.29) is 23.3 Å². The SMILES string of the molecule is CC(C)(C)c1ccnc(N2C3c4ccccc4C2c2cc(F)ccc23)c1. The Morgan fingerprint density at radius 1 is 0.846 bits per heavy atom. The maximum Gasteiger partial charge on any atom is 0.130 e. The molecule has 1 aromatic heterocycles. The number of fused-ring (bicyclic) bond motifs is 8. The normalized spacial score (nSPS) is 20.2. The van der Waals surface area contributed by atoms with Crippen LogP contribution >= 0.6 is 0 Å². The van der Waals surface area contributed by atoms with E-state index in [2.05, 4.69) is 62.1 Å². The summed E-state index contributed by atoms with van der Waals surface area (Å²) in [5.41, 5.74) is 6.14. The van der Waals surface area contributed by atoms with Crippen LogP contribution in [-0.2, 0) is 5.41 Å². The fraction of sp³-hybridized carbons (Fsp3) is 0.261. The van der Waals surface area contributed by atoms with Crippen molar-refractivity contribution in [3.63, 3.8) is 0 Å². The van der Waals surface area contributed by atoms with Crippen LogP contribution in [0.4, 0.5) is 10.2 Å². The lowest BCUT2D eigenvalue weighted by Crippen LogP contribution is -2.22. The van der Waals surface area contributed by atoms with Crippen molar-refractivity contribution in [2.24, 2.45) is 0 Å². The third-order valence-corrected chi connectivity index (χ3v) is 5.66. The second kappa shape index (κ2) is 5.16. The second-order valence-corrected chi connectivity index (χ2v) is 8.27. The summed E-state index contributed by atoms with van der Waals surface area (Å²) in [6.45, 7) is 6.64. The van der Waals surface area contributed by atoms with Crippen molar-refractivity contribution >= 4 is 5.82 Å². The first kappa shape index (κ1) is 15.6. The number of hydrogen-bond acceptors (Lipinski definition) is 2. The van der Waals surface area contributed by atoms with Crippen molar-refractivity contribution in [1.82, 2.24) is 4.98 Å². The van der Waals surface area contributed by atoms with Gasteiger partial charge in [-0.05, 0) is 57.5 Å². The molecule has 0 aliphatic carbocycles. The summed E-state index contributed by atoms with van der Waals surface area (Å²) >= 11 is 0. The minimum Gasteiger partial charge on any atom is -0.334 e. The molecule has 0 radical (unpaired) electrons. The van der Waals surface area contributed by atoms with Gasteiger partial charge in [0.05, 0.1) is 12.1 Å². The number of benzene rings is 2. The topological polar surface area (TPSA) is 16.1 Å². The zero-order chi connectivity index (χ0) is 18.1. The Balaban J connectivity index is 1.71. The Bertz CT molecular complexity index is 1020. The third kappa shape index (κ3) is 2.06. The molecule has 3 heteroatoms. The van der Waals surface area contributed by atoms with Crippen LogP contribution in [0.25, 0.3) is 0 Å². The summed E-state index contributed by atoms with van der Waals surface area (Å²) in [6.07, 6.45) is 1.89. The highest BCUT2D eigenvalue weighted by atomic mass is 19.1. The number of hydrogen-bond donors (Lipinski definition) is 0. The molecule has 0 fully saturated rings. The van der Waals surface area contributed by atoms with E-state index in [4.69, 9.17) is 4.98 Å². The Labute approximate surface area is 153 Å². The fourth-order valence-corrected chi connectivity index (χ4v) is 4.41. The average Bonchev–Trinajstić information content (AvgIpc) is 3.13. The lowest BCUT2D eigenvalue weighted by Gasteiger charge is -2.27. The van der Waals surface area contributed by atoms with Gasteiger partial charge in [0.2, 0.25) is 0 Å². The van der Waals surface area contributed by atoms with E-state index in [1.807, 2.05) is 12.3 Å². The number of nitrogens with zero attached hydrogens (tertiary/aromatic N) is 2. The average molecular weight is 344 g/mol. The van der Waals surface area contributed by atoms with E-state index in [1.54, 1.807) is 12.1 Å². The molecule has 2 aromatic carbocycles. The number of rotatable bonds is 1. The molecule has 2 bridgehead atoms. The highest BCUT2D eigenvalue weighted by molar-refractivity contribution is 5.69. The Morgan fingerprint density at radius 2 is 1.50 bits per heavy atom. The maximum atomic E-state index is 14.0. The van der Waals surface area contributed by atoms with Crippen molar-refractivity contribution in [2.45, 2.75) is 38.3 Å². The summed E-state index contributed by atoms with van der Waals surface area (Å²) in [4.78, 5) is 7.05. The summed E-state index contributed by atoms with van der Waals surface area (Å²) in [5, 5.41) is 0. The highest BCUT2D eigenvalue weighted by Crippen LogP contribution is 2.57. The number of pyridine rings is 1. The molecule has 2 atom stereocenters. The predicted molar refractivity (Wildman–Crippen MR) is 102 cm³/mol. The van der Waals surface area contributed by atoms with Gasteiger partial charge in [0.1, 0.15) is 11.6 Å². The first-order chi connectivity index (χ1) is 12.4. The smallest absolute Gasteiger partial charge is 0.130 e. The lowest BCUT2D eigenvalue weighted by molar-refractivity contribution is 0.588. The lowest BCUT2D eigenvalue weighted by atomic mass is 9.86. The summed E-state index contributed by atoms with van der Waals surface area (Å²) in [6, 6.07) is 18.1. The van der Waals surface area contributed by atoms with E-state index < -0.39 is 0 Å². The van der Waals surface area contributed by atoms with E-state index in [0.717, 1.165) is 11.4 Å². The Kier molecular flexibility index (Phi) is 3.09. The van der Waals surface area contributed by atoms with Gasteiger partial charge in [0, 0.05) is 6.20 Å². The quantitative estimate of drug-likeness (QED) is 0.577. The summed E-state index contributed by atoms with van der Waals surface area (Å²) in [7, 11) is 0. The number of aromatic nitrogens is 1. The van der Waals surface area contributed by atoms with Gasteiger partial charge in [0.15, 0.2) is 0 Å². The summed E-state index contributed by atoms with van der Waals surface area (Å²) in [5.74, 6) is 0.783. The van der Waals surface area contributed by atoms with Crippen LogP contribution < -0.4 is 4.90 Å². The zero-order valence-electron chi connectivity index (χ0n) is 15.2. The molecule has 26 heavy (non-hydrogen) atoms. The number of halogens is 1. The molecule has 0 spiro atoms. The molecular formula is C23H21FN2. The maximum absolute atomic E-state index is 14.0. The monoisotopic (exact) mass is 344 g/mol. The second-order valence-electron chi connectivity index (χ2n) is 8.27. The van der Waals surface area contributed by atoms with Gasteiger partial charge >= 0.3 is 0 Å². The first-order valence-corrected chi connectivity index (χ1v) is 9.08. The van der Waals surface area contributed by atoms with Crippen molar-refractivity contribution in [2.75, 3.05) is 4.90 Å². The van der Waals surface area contributed by atoms with E-state index in [0.29, 0.717) is 0 Å². The van der Waals surface area contributed by atoms with Crippen molar-refractivity contribution < 1.29 is 4.39 Å². The summed E-state index contributed by atoms with van der Waals surface area (Å²) < 4.78 is 14.0. The molecule has 0 saturated carbocycles. The van der Waals surface area contributed by atoms with Crippen LogP contribution in [0.1, 0.15) is 60.7 Å². The molecular weight excluding hydrogens is 323 g/mol. The van der Waals surface area contributed by atoms with Crippen molar-refractivity contribution in [3.8, 4) is 0 Å². The van der Waals surface area contributed by atoms with Gasteiger partial charge in [-0.1, -0.05) is 51.1 Å². The van der Waals surface area contributed by atoms with Gasteiger partial charge in [0.25, 0.3) is 0 Å². The molecule has 0 saturated heterocycles. The van der Waals surface area contributed by atoms with Gasteiger partial charge in [-0.2, -0.15) is 0 Å². The van der Waals surface area contributed by atoms with Crippen LogP contribution in [0.5, 0.6) is 0 Å². The zero-order valence-corrected chi connectivity index (χ0v) is 15.2. The third-order valence-electron chi connectivity index (χ3n) is 5.66. The molecule has 2 unspecified atom stereocenters. The van der Waals surface area contributed by atoms with Crippen LogP contribution in [0, 0.1) is 5.82 Å². The Morgan fingerprint density at radius 3 is 2.19 bits per heavy atom. The van der Waals surface area contributed by atoms with Crippen LogP contribution in [0.15, 0.2) is 60.8 Å².